The molecule has 0 saturated carbocycles. The molecule has 0 amide bonds. The first kappa shape index (κ1) is 49.7. The number of hydrogen-bond acceptors (Lipinski definition) is 10. The summed E-state index contributed by atoms with van der Waals surface area (Å²) in [4.78, 5) is 0. The summed E-state index contributed by atoms with van der Waals surface area (Å²) in [5.74, 6) is 4.34. The van der Waals surface area contributed by atoms with E-state index in [1.54, 1.807) is 6.07 Å². The highest BCUT2D eigenvalue weighted by Gasteiger charge is 2.40. The van der Waals surface area contributed by atoms with Crippen LogP contribution in [0.4, 0.5) is 0 Å². The van der Waals surface area contributed by atoms with E-state index in [0.717, 1.165) is 97.0 Å². The van der Waals surface area contributed by atoms with E-state index in [9.17, 15) is 5.11 Å². The van der Waals surface area contributed by atoms with Crippen LogP contribution in [0.25, 0.3) is 11.1 Å². The van der Waals surface area contributed by atoms with Crippen molar-refractivity contribution in [3.05, 3.63) is 96.6 Å². The molecule has 346 valence electrons. The fraction of sp³-hybridized carbons (Fsp3) is 0.538. The summed E-state index contributed by atoms with van der Waals surface area (Å²) >= 11 is 0. The lowest BCUT2D eigenvalue weighted by Crippen LogP contribution is -2.46. The molecule has 4 aromatic rings. The lowest BCUT2D eigenvalue weighted by molar-refractivity contribution is -0.133. The first-order chi connectivity index (χ1) is 30.9. The van der Waals surface area contributed by atoms with Gasteiger partial charge in [-0.1, -0.05) is 82.6 Å². The molecule has 1 fully saturated rings. The predicted molar refractivity (Wildman–Crippen MR) is 253 cm³/mol. The molecule has 1 N–H and O–H groups in total. The average Bonchev–Trinajstić information content (AvgIpc) is 3.28. The Morgan fingerprint density at radius 1 is 0.508 bits per heavy atom. The van der Waals surface area contributed by atoms with Gasteiger partial charge in [0.1, 0.15) is 34.5 Å². The van der Waals surface area contributed by atoms with Crippen LogP contribution in [-0.2, 0) is 24.4 Å². The maximum Gasteiger partial charge on any atom is 0.500 e. The zero-order valence-electron chi connectivity index (χ0n) is 38.5. The van der Waals surface area contributed by atoms with E-state index < -0.39 is 8.80 Å². The highest BCUT2D eigenvalue weighted by atomic mass is 28.4. The normalized spacial score (nSPS) is 13.3. The van der Waals surface area contributed by atoms with Crippen LogP contribution in [0.5, 0.6) is 34.5 Å². The number of aromatic hydroxyl groups is 1. The van der Waals surface area contributed by atoms with Gasteiger partial charge in [0, 0.05) is 25.9 Å². The van der Waals surface area contributed by atoms with Gasteiger partial charge in [-0.2, -0.15) is 0 Å². The number of benzene rings is 4. The van der Waals surface area contributed by atoms with Gasteiger partial charge in [-0.3, -0.25) is 0 Å². The zero-order valence-corrected chi connectivity index (χ0v) is 39.5. The lowest BCUT2D eigenvalue weighted by Gasteiger charge is -2.40. The SMILES string of the molecule is CCO[Si](CCCc1cc(OCCCCCCCCCCCCOc2ccc(OCOc3ccc(-c4ccc(OCC5(CC)COC5)cc4)cc3)cc2)ccc1O)(OCC)OCC. The fourth-order valence-electron chi connectivity index (χ4n) is 7.65. The van der Waals surface area contributed by atoms with Crippen molar-refractivity contribution in [3.63, 3.8) is 0 Å². The Balaban J connectivity index is 0.832. The van der Waals surface area contributed by atoms with Gasteiger partial charge in [-0.15, -0.1) is 0 Å². The molecule has 0 aromatic heterocycles. The molecule has 1 saturated heterocycles. The molecule has 0 aliphatic carbocycles. The highest BCUT2D eigenvalue weighted by Crippen LogP contribution is 2.33. The van der Waals surface area contributed by atoms with Gasteiger partial charge in [0.05, 0.1) is 38.4 Å². The molecular formula is C52H74O10Si. The summed E-state index contributed by atoms with van der Waals surface area (Å²) in [7, 11) is -2.69. The molecule has 0 spiro atoms. The first-order valence-corrected chi connectivity index (χ1v) is 25.6. The van der Waals surface area contributed by atoms with Gasteiger partial charge in [0.15, 0.2) is 0 Å². The molecular weight excluding hydrogens is 813 g/mol. The monoisotopic (exact) mass is 887 g/mol. The zero-order chi connectivity index (χ0) is 44.4. The Kier molecular flexibility index (Phi) is 22.0. The molecule has 0 bridgehead atoms. The van der Waals surface area contributed by atoms with E-state index in [1.165, 1.54) is 51.4 Å². The molecule has 0 radical (unpaired) electrons. The molecule has 0 atom stereocenters. The van der Waals surface area contributed by atoms with Crippen LogP contribution >= 0.6 is 0 Å². The van der Waals surface area contributed by atoms with Crippen molar-refractivity contribution >= 4 is 8.80 Å². The average molecular weight is 887 g/mol. The number of hydrogen-bond donors (Lipinski definition) is 1. The summed E-state index contributed by atoms with van der Waals surface area (Å²) in [5.41, 5.74) is 3.29. The Morgan fingerprint density at radius 3 is 1.40 bits per heavy atom. The molecule has 5 rings (SSSR count). The topological polar surface area (TPSA) is 103 Å². The third-order valence-electron chi connectivity index (χ3n) is 11.6. The maximum atomic E-state index is 10.5. The maximum absolute atomic E-state index is 10.5. The van der Waals surface area contributed by atoms with E-state index in [2.05, 4.69) is 31.2 Å². The number of phenolic OH excluding ortho intramolecular Hbond substituents is 1. The van der Waals surface area contributed by atoms with E-state index in [0.29, 0.717) is 45.2 Å². The minimum atomic E-state index is -2.69. The molecule has 63 heavy (non-hydrogen) atoms. The van der Waals surface area contributed by atoms with E-state index >= 15 is 0 Å². The predicted octanol–water partition coefficient (Wildman–Crippen LogP) is 12.6. The van der Waals surface area contributed by atoms with Crippen molar-refractivity contribution in [2.75, 3.05) is 59.6 Å². The minimum absolute atomic E-state index is 0.124. The van der Waals surface area contributed by atoms with Crippen molar-refractivity contribution in [1.29, 1.82) is 0 Å². The smallest absolute Gasteiger partial charge is 0.500 e. The van der Waals surface area contributed by atoms with Crippen LogP contribution in [0.2, 0.25) is 6.04 Å². The number of unbranched alkanes of at least 4 members (excludes halogenated alkanes) is 9. The van der Waals surface area contributed by atoms with Gasteiger partial charge in [-0.05, 0) is 136 Å². The van der Waals surface area contributed by atoms with E-state index in [1.807, 2.05) is 81.4 Å². The molecule has 1 heterocycles. The summed E-state index contributed by atoms with van der Waals surface area (Å²) < 4.78 is 53.1. The summed E-state index contributed by atoms with van der Waals surface area (Å²) in [5, 5.41) is 10.5. The summed E-state index contributed by atoms with van der Waals surface area (Å²) in [6.45, 7) is 13.6. The number of ether oxygens (including phenoxy) is 6. The fourth-order valence-corrected chi connectivity index (χ4v) is 10.3. The van der Waals surface area contributed by atoms with Crippen LogP contribution in [0.1, 0.15) is 110 Å². The largest absolute Gasteiger partial charge is 0.508 e. The van der Waals surface area contributed by atoms with Gasteiger partial charge in [0.2, 0.25) is 6.79 Å². The first-order valence-electron chi connectivity index (χ1n) is 23.6. The molecule has 1 aliphatic heterocycles. The van der Waals surface area contributed by atoms with Crippen LogP contribution in [0, 0.1) is 5.41 Å². The molecule has 1 aliphatic rings. The highest BCUT2D eigenvalue weighted by molar-refractivity contribution is 6.60. The molecule has 4 aromatic carbocycles. The minimum Gasteiger partial charge on any atom is -0.508 e. The van der Waals surface area contributed by atoms with Crippen LogP contribution in [-0.4, -0.2) is 73.6 Å². The third-order valence-corrected chi connectivity index (χ3v) is 14.7. The number of aryl methyl sites for hydroxylation is 1. The second-order valence-electron chi connectivity index (χ2n) is 16.4. The van der Waals surface area contributed by atoms with Crippen LogP contribution in [0.3, 0.4) is 0 Å². The Morgan fingerprint density at radius 2 is 0.937 bits per heavy atom. The Hall–Kier alpha value is -4.26. The summed E-state index contributed by atoms with van der Waals surface area (Å²) in [6.07, 6.45) is 14.6. The standard InChI is InChI=1S/C52H74O10Si/c1-5-52(39-54-40-52)41-57-47-25-21-43(22-26-47)44-23-27-48(28-24-44)58-42-59-49-31-29-46(30-32-49)55-35-17-15-13-11-9-10-12-14-16-18-36-56-50-33-34-51(53)45(38-50)20-19-37-63(60-6-2,61-7-3)62-8-4/h21-34,38,53H,5-20,35-37,39-42H2,1-4H3. The third kappa shape index (κ3) is 17.3. The van der Waals surface area contributed by atoms with Crippen molar-refractivity contribution in [3.8, 4) is 45.6 Å². The van der Waals surface area contributed by atoms with E-state index in [4.69, 9.17) is 41.7 Å². The van der Waals surface area contributed by atoms with Gasteiger partial charge >= 0.3 is 8.80 Å². The summed E-state index contributed by atoms with van der Waals surface area (Å²) in [6, 6.07) is 30.3. The molecule has 11 heteroatoms. The van der Waals surface area contributed by atoms with Crippen molar-refractivity contribution in [1.82, 2.24) is 0 Å². The van der Waals surface area contributed by atoms with Crippen molar-refractivity contribution in [2.24, 2.45) is 5.41 Å². The quantitative estimate of drug-likeness (QED) is 0.0277. The molecule has 10 nitrogen and oxygen atoms in total. The van der Waals surface area contributed by atoms with Crippen LogP contribution in [0.15, 0.2) is 91.0 Å². The number of phenols is 1. The Labute approximate surface area is 378 Å². The van der Waals surface area contributed by atoms with Crippen molar-refractivity contribution < 1.29 is 46.8 Å². The van der Waals surface area contributed by atoms with E-state index in [-0.39, 0.29) is 12.2 Å². The molecule has 0 unspecified atom stereocenters. The van der Waals surface area contributed by atoms with Crippen LogP contribution < -0.4 is 23.7 Å². The second-order valence-corrected chi connectivity index (χ2v) is 19.2. The second kappa shape index (κ2) is 27.8. The van der Waals surface area contributed by atoms with Gasteiger partial charge < -0.3 is 46.8 Å². The lowest BCUT2D eigenvalue weighted by atomic mass is 9.84. The van der Waals surface area contributed by atoms with Crippen molar-refractivity contribution in [2.45, 2.75) is 117 Å². The number of rotatable bonds is 34. The van der Waals surface area contributed by atoms with Gasteiger partial charge in [0.25, 0.3) is 0 Å². The Bertz CT molecular complexity index is 1790. The van der Waals surface area contributed by atoms with Gasteiger partial charge in [-0.25, -0.2) is 0 Å².